The molecule has 24 heavy (non-hydrogen) atoms. The molecule has 0 unspecified atom stereocenters. The van der Waals surface area contributed by atoms with Gasteiger partial charge in [-0.05, 0) is 16.7 Å². The van der Waals surface area contributed by atoms with Crippen molar-refractivity contribution in [3.8, 4) is 11.4 Å². The van der Waals surface area contributed by atoms with E-state index in [2.05, 4.69) is 34.6 Å². The van der Waals surface area contributed by atoms with Crippen LogP contribution in [0.1, 0.15) is 25.3 Å². The van der Waals surface area contributed by atoms with Crippen molar-refractivity contribution in [2.45, 2.75) is 26.3 Å². The number of likely N-dealkylation sites (N-methyl/N-ethyl adjacent to an activating group) is 2. The summed E-state index contributed by atoms with van der Waals surface area (Å²) in [6, 6.07) is 7.94. The van der Waals surface area contributed by atoms with Crippen molar-refractivity contribution in [2.24, 2.45) is 0 Å². The van der Waals surface area contributed by atoms with E-state index in [-0.39, 0.29) is 24.9 Å². The fraction of sp³-hybridized carbons (Fsp3) is 0.438. The summed E-state index contributed by atoms with van der Waals surface area (Å²) in [6.07, 6.45) is 0. The largest absolute Gasteiger partial charge is 0.358 e. The van der Waals surface area contributed by atoms with Gasteiger partial charge in [0.05, 0.1) is 6.54 Å². The monoisotopic (exact) mass is 330 g/mol. The minimum Gasteiger partial charge on any atom is -0.358 e. The first-order valence-corrected chi connectivity index (χ1v) is 7.73. The summed E-state index contributed by atoms with van der Waals surface area (Å²) < 4.78 is 0. The second-order valence-electron chi connectivity index (χ2n) is 5.84. The molecule has 1 N–H and O–H groups in total. The molecule has 0 spiro atoms. The highest BCUT2D eigenvalue weighted by atomic mass is 16.2. The number of nitrogens with one attached hydrogen (secondary N) is 1. The topological polar surface area (TPSA) is 93.0 Å². The fourth-order valence-corrected chi connectivity index (χ4v) is 2.07. The molecule has 2 rings (SSSR count). The normalized spacial score (nSPS) is 10.7. The van der Waals surface area contributed by atoms with Gasteiger partial charge in [-0.25, -0.2) is 0 Å². The number of aromatic nitrogens is 4. The average Bonchev–Trinajstić information content (AvgIpc) is 3.03. The molecule has 0 aliphatic rings. The molecule has 8 heteroatoms. The Morgan fingerprint density at radius 2 is 1.92 bits per heavy atom. The Labute approximate surface area is 140 Å². The summed E-state index contributed by atoms with van der Waals surface area (Å²) in [6.45, 7) is 4.19. The second-order valence-corrected chi connectivity index (χ2v) is 5.84. The first-order valence-electron chi connectivity index (χ1n) is 7.73. The van der Waals surface area contributed by atoms with Crippen LogP contribution in [0.2, 0.25) is 0 Å². The Kier molecular flexibility index (Phi) is 5.62. The van der Waals surface area contributed by atoms with Crippen LogP contribution in [-0.4, -0.2) is 57.6 Å². The van der Waals surface area contributed by atoms with Gasteiger partial charge in [-0.2, -0.15) is 4.80 Å². The molecule has 1 aromatic heterocycles. The molecule has 0 atom stereocenters. The zero-order valence-electron chi connectivity index (χ0n) is 14.4. The molecule has 0 radical (unpaired) electrons. The van der Waals surface area contributed by atoms with Gasteiger partial charge in [0.1, 0.15) is 6.54 Å². The molecule has 128 valence electrons. The zero-order chi connectivity index (χ0) is 17.7. The first kappa shape index (κ1) is 17.6. The molecule has 2 aromatic rings. The Balaban J connectivity index is 2.02. The van der Waals surface area contributed by atoms with Crippen LogP contribution in [0.5, 0.6) is 0 Å². The van der Waals surface area contributed by atoms with E-state index < -0.39 is 0 Å². The van der Waals surface area contributed by atoms with E-state index in [1.807, 2.05) is 24.3 Å². The van der Waals surface area contributed by atoms with Crippen LogP contribution < -0.4 is 5.32 Å². The lowest BCUT2D eigenvalue weighted by molar-refractivity contribution is -0.135. The van der Waals surface area contributed by atoms with E-state index in [0.29, 0.717) is 11.7 Å². The average molecular weight is 330 g/mol. The molecule has 1 heterocycles. The molecular weight excluding hydrogens is 308 g/mol. The molecule has 0 fully saturated rings. The molecule has 8 nitrogen and oxygen atoms in total. The molecular formula is C16H22N6O2. The highest BCUT2D eigenvalue weighted by molar-refractivity contribution is 5.84. The fourth-order valence-electron chi connectivity index (χ4n) is 2.07. The van der Waals surface area contributed by atoms with E-state index in [9.17, 15) is 9.59 Å². The summed E-state index contributed by atoms with van der Waals surface area (Å²) in [5.74, 6) is 0.421. The van der Waals surface area contributed by atoms with Crippen LogP contribution in [0.3, 0.4) is 0 Å². The molecule has 0 bridgehead atoms. The number of rotatable bonds is 6. The van der Waals surface area contributed by atoms with Crippen molar-refractivity contribution in [1.82, 2.24) is 30.4 Å². The summed E-state index contributed by atoms with van der Waals surface area (Å²) in [5, 5.41) is 14.6. The van der Waals surface area contributed by atoms with E-state index in [4.69, 9.17) is 0 Å². The predicted molar refractivity (Wildman–Crippen MR) is 89.0 cm³/mol. The van der Waals surface area contributed by atoms with Crippen molar-refractivity contribution in [3.05, 3.63) is 29.8 Å². The summed E-state index contributed by atoms with van der Waals surface area (Å²) in [4.78, 5) is 25.9. The van der Waals surface area contributed by atoms with E-state index in [0.717, 1.165) is 5.56 Å². The SMILES string of the molecule is CNC(=O)CN(C)C(=O)Cn1nnc(-c2ccc(C(C)C)cc2)n1. The van der Waals surface area contributed by atoms with Crippen LogP contribution in [0.25, 0.3) is 11.4 Å². The first-order chi connectivity index (χ1) is 11.4. The third kappa shape index (κ3) is 4.37. The molecule has 0 aliphatic carbocycles. The second kappa shape index (κ2) is 7.67. The van der Waals surface area contributed by atoms with E-state index >= 15 is 0 Å². The van der Waals surface area contributed by atoms with Crippen molar-refractivity contribution in [2.75, 3.05) is 20.6 Å². The van der Waals surface area contributed by atoms with Crippen LogP contribution in [0.15, 0.2) is 24.3 Å². The quantitative estimate of drug-likeness (QED) is 0.840. The van der Waals surface area contributed by atoms with Gasteiger partial charge in [0.2, 0.25) is 17.6 Å². The summed E-state index contributed by atoms with van der Waals surface area (Å²) in [5.41, 5.74) is 2.08. The van der Waals surface area contributed by atoms with Crippen LogP contribution in [0, 0.1) is 0 Å². The number of hydrogen-bond donors (Lipinski definition) is 1. The Hall–Kier alpha value is -2.77. The Morgan fingerprint density at radius 3 is 2.50 bits per heavy atom. The van der Waals surface area contributed by atoms with E-state index in [1.165, 1.54) is 22.3 Å². The predicted octanol–water partition coefficient (Wildman–Crippen LogP) is 0.668. The van der Waals surface area contributed by atoms with Gasteiger partial charge in [-0.15, -0.1) is 10.2 Å². The standard InChI is InChI=1S/C16H22N6O2/c1-11(2)12-5-7-13(8-6-12)16-18-20-22(19-16)10-15(24)21(4)9-14(23)17-3/h5-8,11H,9-10H2,1-4H3,(H,17,23). The molecule has 0 aliphatic heterocycles. The highest BCUT2D eigenvalue weighted by Crippen LogP contribution is 2.19. The molecule has 0 saturated carbocycles. The molecule has 0 saturated heterocycles. The summed E-state index contributed by atoms with van der Waals surface area (Å²) in [7, 11) is 3.08. The lowest BCUT2D eigenvalue weighted by Crippen LogP contribution is -2.38. The van der Waals surface area contributed by atoms with Crippen molar-refractivity contribution >= 4 is 11.8 Å². The van der Waals surface area contributed by atoms with Crippen LogP contribution >= 0.6 is 0 Å². The van der Waals surface area contributed by atoms with E-state index in [1.54, 1.807) is 7.05 Å². The van der Waals surface area contributed by atoms with Crippen molar-refractivity contribution in [3.63, 3.8) is 0 Å². The van der Waals surface area contributed by atoms with Crippen molar-refractivity contribution in [1.29, 1.82) is 0 Å². The number of tetrazole rings is 1. The van der Waals surface area contributed by atoms with Gasteiger partial charge in [-0.3, -0.25) is 9.59 Å². The number of nitrogens with zero attached hydrogens (tertiary/aromatic N) is 5. The van der Waals surface area contributed by atoms with Crippen LogP contribution in [-0.2, 0) is 16.1 Å². The zero-order valence-corrected chi connectivity index (χ0v) is 14.4. The highest BCUT2D eigenvalue weighted by Gasteiger charge is 2.15. The third-order valence-electron chi connectivity index (χ3n) is 3.65. The van der Waals surface area contributed by atoms with Gasteiger partial charge in [-0.1, -0.05) is 38.1 Å². The molecule has 2 amide bonds. The van der Waals surface area contributed by atoms with Gasteiger partial charge in [0, 0.05) is 19.7 Å². The summed E-state index contributed by atoms with van der Waals surface area (Å²) >= 11 is 0. The van der Waals surface area contributed by atoms with Gasteiger partial charge >= 0.3 is 0 Å². The Bertz CT molecular complexity index is 708. The molecule has 1 aromatic carbocycles. The minimum absolute atomic E-state index is 0.00640. The number of hydrogen-bond acceptors (Lipinski definition) is 5. The third-order valence-corrected chi connectivity index (χ3v) is 3.65. The number of carbonyl (C=O) groups excluding carboxylic acids is 2. The van der Waals surface area contributed by atoms with Crippen LogP contribution in [0.4, 0.5) is 0 Å². The number of benzene rings is 1. The maximum Gasteiger partial charge on any atom is 0.246 e. The number of carbonyl (C=O) groups is 2. The maximum absolute atomic E-state index is 12.0. The van der Waals surface area contributed by atoms with Gasteiger partial charge in [0.25, 0.3) is 0 Å². The minimum atomic E-state index is -0.266. The van der Waals surface area contributed by atoms with Gasteiger partial charge < -0.3 is 10.2 Å². The lowest BCUT2D eigenvalue weighted by Gasteiger charge is -2.15. The van der Waals surface area contributed by atoms with Gasteiger partial charge in [0.15, 0.2) is 0 Å². The maximum atomic E-state index is 12.0. The lowest BCUT2D eigenvalue weighted by atomic mass is 10.0. The number of amides is 2. The van der Waals surface area contributed by atoms with Crippen molar-refractivity contribution < 1.29 is 9.59 Å². The Morgan fingerprint density at radius 1 is 1.25 bits per heavy atom. The smallest absolute Gasteiger partial charge is 0.246 e.